The third-order valence-electron chi connectivity index (χ3n) is 2.73. The quantitative estimate of drug-likeness (QED) is 0.683. The molecule has 0 aromatic carbocycles. The second kappa shape index (κ2) is 3.55. The molecule has 0 atom stereocenters. The van der Waals surface area contributed by atoms with Crippen molar-refractivity contribution in [3.8, 4) is 11.5 Å². The zero-order valence-corrected chi connectivity index (χ0v) is 9.33. The Morgan fingerprint density at radius 2 is 2.12 bits per heavy atom. The van der Waals surface area contributed by atoms with Crippen LogP contribution in [0, 0.1) is 0 Å². The molecule has 0 aliphatic heterocycles. The number of hydrogen-bond donors (Lipinski definition) is 1. The number of rotatable bonds is 1. The van der Waals surface area contributed by atoms with Crippen molar-refractivity contribution >= 4 is 16.7 Å². The van der Waals surface area contributed by atoms with Crippen LogP contribution in [0.3, 0.4) is 0 Å². The minimum absolute atomic E-state index is 0.624. The van der Waals surface area contributed by atoms with Crippen molar-refractivity contribution in [3.05, 3.63) is 36.8 Å². The molecule has 0 unspecified atom stereocenters. The van der Waals surface area contributed by atoms with E-state index in [-0.39, 0.29) is 0 Å². The van der Waals surface area contributed by atoms with Gasteiger partial charge in [-0.15, -0.1) is 0 Å². The molecular weight excluding hydrogens is 214 g/mol. The largest absolute Gasteiger partial charge is 0.397 e. The van der Waals surface area contributed by atoms with Crippen molar-refractivity contribution in [2.75, 3.05) is 5.73 Å². The minimum Gasteiger partial charge on any atom is -0.397 e. The summed E-state index contributed by atoms with van der Waals surface area (Å²) in [7, 11) is 1.93. The number of fused-ring (bicyclic) bond motifs is 1. The average molecular weight is 225 g/mol. The maximum atomic E-state index is 5.91. The minimum atomic E-state index is 0.624. The summed E-state index contributed by atoms with van der Waals surface area (Å²) < 4.78 is 1.95. The van der Waals surface area contributed by atoms with Crippen molar-refractivity contribution in [2.24, 2.45) is 7.05 Å². The molecule has 2 N–H and O–H groups in total. The summed E-state index contributed by atoms with van der Waals surface area (Å²) in [6, 6.07) is 5.50. The monoisotopic (exact) mass is 225 g/mol. The van der Waals surface area contributed by atoms with E-state index in [1.165, 1.54) is 0 Å². The molecule has 0 spiro atoms. The Kier molecular flexibility index (Phi) is 2.04. The highest BCUT2D eigenvalue weighted by molar-refractivity contribution is 5.81. The van der Waals surface area contributed by atoms with Crippen molar-refractivity contribution in [1.82, 2.24) is 19.5 Å². The first-order valence-corrected chi connectivity index (χ1v) is 5.24. The van der Waals surface area contributed by atoms with Crippen LogP contribution in [0.2, 0.25) is 0 Å². The van der Waals surface area contributed by atoms with Crippen LogP contribution >= 0.6 is 0 Å². The van der Waals surface area contributed by atoms with Crippen LogP contribution in [0.4, 0.5) is 5.69 Å². The van der Waals surface area contributed by atoms with Crippen LogP contribution in [0.1, 0.15) is 0 Å². The maximum Gasteiger partial charge on any atom is 0.161 e. The summed E-state index contributed by atoms with van der Waals surface area (Å²) in [5.74, 6) is 0.756. The summed E-state index contributed by atoms with van der Waals surface area (Å²) in [5.41, 5.74) is 9.09. The van der Waals surface area contributed by atoms with Gasteiger partial charge in [0.2, 0.25) is 0 Å². The van der Waals surface area contributed by atoms with Gasteiger partial charge in [-0.25, -0.2) is 4.98 Å². The summed E-state index contributed by atoms with van der Waals surface area (Å²) in [5, 5.41) is 0. The molecule has 0 fully saturated rings. The van der Waals surface area contributed by atoms with Gasteiger partial charge in [0.05, 0.1) is 22.9 Å². The smallest absolute Gasteiger partial charge is 0.161 e. The van der Waals surface area contributed by atoms with Gasteiger partial charge >= 0.3 is 0 Å². The number of aromatic nitrogens is 4. The molecule has 3 rings (SSSR count). The Labute approximate surface area is 98.0 Å². The Bertz CT molecular complexity index is 686. The van der Waals surface area contributed by atoms with Gasteiger partial charge in [0, 0.05) is 19.4 Å². The molecule has 17 heavy (non-hydrogen) atoms. The number of pyridine rings is 2. The van der Waals surface area contributed by atoms with Crippen molar-refractivity contribution in [1.29, 1.82) is 0 Å². The predicted octanol–water partition coefficient (Wildman–Crippen LogP) is 1.61. The van der Waals surface area contributed by atoms with Crippen molar-refractivity contribution in [2.45, 2.75) is 0 Å². The summed E-state index contributed by atoms with van der Waals surface area (Å²) >= 11 is 0. The Morgan fingerprint density at radius 3 is 2.88 bits per heavy atom. The topological polar surface area (TPSA) is 69.6 Å². The van der Waals surface area contributed by atoms with E-state index in [9.17, 15) is 0 Å². The zero-order valence-electron chi connectivity index (χ0n) is 9.33. The highest BCUT2D eigenvalue weighted by Gasteiger charge is 2.12. The van der Waals surface area contributed by atoms with E-state index in [0.29, 0.717) is 11.4 Å². The summed E-state index contributed by atoms with van der Waals surface area (Å²) in [6.07, 6.45) is 5.22. The van der Waals surface area contributed by atoms with Crippen LogP contribution in [-0.4, -0.2) is 19.5 Å². The molecule has 5 nitrogen and oxygen atoms in total. The van der Waals surface area contributed by atoms with Gasteiger partial charge in [-0.3, -0.25) is 9.97 Å². The molecule has 0 bridgehead atoms. The lowest BCUT2D eigenvalue weighted by Crippen LogP contribution is -1.98. The van der Waals surface area contributed by atoms with Crippen LogP contribution in [-0.2, 0) is 7.05 Å². The number of nitrogen functional groups attached to an aromatic ring is 1. The lowest BCUT2D eigenvalue weighted by atomic mass is 10.3. The normalized spacial score (nSPS) is 10.9. The number of hydrogen-bond acceptors (Lipinski definition) is 4. The number of aryl methyl sites for hydroxylation is 1. The van der Waals surface area contributed by atoms with Crippen LogP contribution in [0.25, 0.3) is 22.6 Å². The van der Waals surface area contributed by atoms with E-state index in [1.54, 1.807) is 18.6 Å². The molecule has 0 saturated heterocycles. The molecule has 3 aromatic heterocycles. The Morgan fingerprint density at radius 1 is 1.24 bits per heavy atom. The second-order valence-electron chi connectivity index (χ2n) is 3.80. The summed E-state index contributed by atoms with van der Waals surface area (Å²) in [6.45, 7) is 0. The highest BCUT2D eigenvalue weighted by Crippen LogP contribution is 2.25. The van der Waals surface area contributed by atoms with Crippen LogP contribution in [0.5, 0.6) is 0 Å². The van der Waals surface area contributed by atoms with Gasteiger partial charge in [0.15, 0.2) is 5.82 Å². The van der Waals surface area contributed by atoms with Crippen LogP contribution < -0.4 is 5.73 Å². The summed E-state index contributed by atoms with van der Waals surface area (Å²) in [4.78, 5) is 12.9. The molecule has 0 aliphatic carbocycles. The van der Waals surface area contributed by atoms with Gasteiger partial charge in [-0.1, -0.05) is 0 Å². The first kappa shape index (κ1) is 9.77. The molecule has 0 saturated carbocycles. The standard InChI is InChI=1S/C12H11N5/c1-17-10-7-14-6-4-9(10)16-12(17)11-8(13)3-2-5-15-11/h2-7H,13H2,1H3. The highest BCUT2D eigenvalue weighted by atomic mass is 15.1. The number of nitrogens with zero attached hydrogens (tertiary/aromatic N) is 4. The molecule has 0 amide bonds. The molecule has 5 heteroatoms. The number of anilines is 1. The van der Waals surface area contributed by atoms with Crippen molar-refractivity contribution in [3.63, 3.8) is 0 Å². The van der Waals surface area contributed by atoms with E-state index in [0.717, 1.165) is 16.9 Å². The lowest BCUT2D eigenvalue weighted by Gasteiger charge is -2.03. The van der Waals surface area contributed by atoms with Gasteiger partial charge in [0.1, 0.15) is 5.69 Å². The average Bonchev–Trinajstić information content (AvgIpc) is 2.68. The van der Waals surface area contributed by atoms with Gasteiger partial charge in [-0.05, 0) is 18.2 Å². The molecule has 0 radical (unpaired) electrons. The molecular formula is C12H11N5. The number of nitrogens with two attached hydrogens (primary N) is 1. The first-order valence-electron chi connectivity index (χ1n) is 5.24. The maximum absolute atomic E-state index is 5.91. The fourth-order valence-electron chi connectivity index (χ4n) is 1.85. The van der Waals surface area contributed by atoms with Gasteiger partial charge in [-0.2, -0.15) is 0 Å². The third-order valence-corrected chi connectivity index (χ3v) is 2.73. The fraction of sp³-hybridized carbons (Fsp3) is 0.0833. The molecule has 3 heterocycles. The van der Waals surface area contributed by atoms with Gasteiger partial charge in [0.25, 0.3) is 0 Å². The van der Waals surface area contributed by atoms with E-state index >= 15 is 0 Å². The van der Waals surface area contributed by atoms with Crippen molar-refractivity contribution < 1.29 is 0 Å². The molecule has 84 valence electrons. The zero-order chi connectivity index (χ0) is 11.8. The van der Waals surface area contributed by atoms with E-state index < -0.39 is 0 Å². The predicted molar refractivity (Wildman–Crippen MR) is 66.2 cm³/mol. The molecule has 3 aromatic rings. The van der Waals surface area contributed by atoms with E-state index in [1.807, 2.05) is 29.8 Å². The second-order valence-corrected chi connectivity index (χ2v) is 3.80. The van der Waals surface area contributed by atoms with E-state index in [2.05, 4.69) is 15.0 Å². The third kappa shape index (κ3) is 1.44. The lowest BCUT2D eigenvalue weighted by molar-refractivity contribution is 0.948. The first-order chi connectivity index (χ1) is 8.27. The van der Waals surface area contributed by atoms with Gasteiger partial charge < -0.3 is 10.3 Å². The van der Waals surface area contributed by atoms with Crippen LogP contribution in [0.15, 0.2) is 36.8 Å². The Hall–Kier alpha value is -2.43. The number of imidazole rings is 1. The van der Waals surface area contributed by atoms with E-state index in [4.69, 9.17) is 5.73 Å². The SMILES string of the molecule is Cn1c(-c2ncccc2N)nc2ccncc21. The molecule has 0 aliphatic rings. The Balaban J connectivity index is 2.32. The fourth-order valence-corrected chi connectivity index (χ4v) is 1.85.